The van der Waals surface area contributed by atoms with Crippen molar-refractivity contribution < 1.29 is 14.3 Å². The van der Waals surface area contributed by atoms with Crippen molar-refractivity contribution >= 4 is 17.9 Å². The largest absolute Gasteiger partial charge is 0.380 e. The van der Waals surface area contributed by atoms with Gasteiger partial charge in [0.05, 0.1) is 6.61 Å². The van der Waals surface area contributed by atoms with Crippen LogP contribution < -0.4 is 10.6 Å². The van der Waals surface area contributed by atoms with Gasteiger partial charge in [0.1, 0.15) is 0 Å². The highest BCUT2D eigenvalue weighted by molar-refractivity contribution is 5.95. The molecule has 0 aliphatic heterocycles. The molecule has 0 radical (unpaired) electrons. The average Bonchev–Trinajstić information content (AvgIpc) is 3.50. The van der Waals surface area contributed by atoms with Crippen LogP contribution in [0.4, 0.5) is 0 Å². The van der Waals surface area contributed by atoms with Crippen molar-refractivity contribution in [3.8, 4) is 0 Å². The first-order valence-corrected chi connectivity index (χ1v) is 9.07. The Morgan fingerprint density at radius 1 is 1.04 bits per heavy atom. The molecule has 2 aromatic carbocycles. The van der Waals surface area contributed by atoms with Crippen molar-refractivity contribution in [1.82, 2.24) is 10.6 Å². The highest BCUT2D eigenvalue weighted by atomic mass is 16.5. The summed E-state index contributed by atoms with van der Waals surface area (Å²) >= 11 is 0. The number of nitrogens with one attached hydrogen (secondary N) is 2. The van der Waals surface area contributed by atoms with Gasteiger partial charge in [-0.1, -0.05) is 36.4 Å². The number of rotatable bonds is 8. The van der Waals surface area contributed by atoms with Crippen LogP contribution in [-0.4, -0.2) is 25.0 Å². The van der Waals surface area contributed by atoms with Crippen LogP contribution in [0.2, 0.25) is 0 Å². The predicted octanol–water partition coefficient (Wildman–Crippen LogP) is 3.05. The molecule has 2 N–H and O–H groups in total. The number of carbonyl (C=O) groups is 2. The third kappa shape index (κ3) is 6.08. The Bertz CT molecular complexity index is 806. The van der Waals surface area contributed by atoms with E-state index in [4.69, 9.17) is 4.74 Å². The van der Waals surface area contributed by atoms with Crippen LogP contribution in [0, 0.1) is 0 Å². The molecule has 27 heavy (non-hydrogen) atoms. The number of benzene rings is 2. The van der Waals surface area contributed by atoms with Crippen LogP contribution in [0.25, 0.3) is 6.08 Å². The lowest BCUT2D eigenvalue weighted by atomic mass is 10.1. The molecule has 0 heterocycles. The van der Waals surface area contributed by atoms with Crippen molar-refractivity contribution in [3.63, 3.8) is 0 Å². The molecule has 140 valence electrons. The molecule has 1 aliphatic rings. The molecule has 0 bridgehead atoms. The van der Waals surface area contributed by atoms with Crippen molar-refractivity contribution in [2.24, 2.45) is 0 Å². The number of hydrogen-bond donors (Lipinski definition) is 2. The van der Waals surface area contributed by atoms with E-state index in [-0.39, 0.29) is 11.8 Å². The highest BCUT2D eigenvalue weighted by Crippen LogP contribution is 2.19. The van der Waals surface area contributed by atoms with Gasteiger partial charge in [-0.15, -0.1) is 0 Å². The Kier molecular flexibility index (Phi) is 6.39. The first-order chi connectivity index (χ1) is 13.1. The van der Waals surface area contributed by atoms with Gasteiger partial charge in [-0.2, -0.15) is 0 Å². The van der Waals surface area contributed by atoms with Gasteiger partial charge in [0, 0.05) is 31.3 Å². The Morgan fingerprint density at radius 2 is 1.70 bits per heavy atom. The first-order valence-electron chi connectivity index (χ1n) is 9.07. The van der Waals surface area contributed by atoms with Crippen LogP contribution in [0.5, 0.6) is 0 Å². The molecule has 1 saturated carbocycles. The summed E-state index contributed by atoms with van der Waals surface area (Å²) in [6.07, 6.45) is 5.37. The lowest BCUT2D eigenvalue weighted by Crippen LogP contribution is -2.25. The lowest BCUT2D eigenvalue weighted by molar-refractivity contribution is -0.116. The monoisotopic (exact) mass is 364 g/mol. The van der Waals surface area contributed by atoms with Gasteiger partial charge in [0.2, 0.25) is 5.91 Å². The van der Waals surface area contributed by atoms with Crippen molar-refractivity contribution in [2.45, 2.75) is 32.0 Å². The Labute approximate surface area is 159 Å². The molecule has 1 aliphatic carbocycles. The van der Waals surface area contributed by atoms with Gasteiger partial charge in [-0.05, 0) is 47.7 Å². The fourth-order valence-electron chi connectivity index (χ4n) is 2.58. The second-order valence-corrected chi connectivity index (χ2v) is 6.67. The molecule has 5 heteroatoms. The molecule has 2 amide bonds. The summed E-state index contributed by atoms with van der Waals surface area (Å²) < 4.78 is 5.08. The van der Waals surface area contributed by atoms with E-state index >= 15 is 0 Å². The minimum absolute atomic E-state index is 0.0395. The SMILES string of the molecule is COCc1ccc(CNC(=O)/C=C/c2ccc(C(=O)NC3CC3)cc2)cc1. The van der Waals surface area contributed by atoms with Gasteiger partial charge in [0.15, 0.2) is 0 Å². The van der Waals surface area contributed by atoms with Crippen LogP contribution in [0.1, 0.15) is 39.9 Å². The third-order valence-electron chi connectivity index (χ3n) is 4.31. The molecular weight excluding hydrogens is 340 g/mol. The lowest BCUT2D eigenvalue weighted by Gasteiger charge is -2.05. The smallest absolute Gasteiger partial charge is 0.251 e. The molecule has 0 atom stereocenters. The van der Waals surface area contributed by atoms with E-state index in [1.165, 1.54) is 6.08 Å². The third-order valence-corrected chi connectivity index (χ3v) is 4.31. The summed E-state index contributed by atoms with van der Waals surface area (Å²) in [5, 5.41) is 5.81. The van der Waals surface area contributed by atoms with E-state index in [0.717, 1.165) is 29.5 Å². The zero-order chi connectivity index (χ0) is 19.1. The molecule has 3 rings (SSSR count). The van der Waals surface area contributed by atoms with E-state index in [1.807, 2.05) is 36.4 Å². The topological polar surface area (TPSA) is 67.4 Å². The molecule has 0 saturated heterocycles. The Morgan fingerprint density at radius 3 is 2.33 bits per heavy atom. The molecule has 2 aromatic rings. The Balaban J connectivity index is 1.46. The molecule has 1 fully saturated rings. The molecule has 0 aromatic heterocycles. The molecule has 0 spiro atoms. The quantitative estimate of drug-likeness (QED) is 0.708. The van der Waals surface area contributed by atoms with Gasteiger partial charge >= 0.3 is 0 Å². The second kappa shape index (κ2) is 9.14. The summed E-state index contributed by atoms with van der Waals surface area (Å²) in [6, 6.07) is 15.5. The average molecular weight is 364 g/mol. The van der Waals surface area contributed by atoms with E-state index in [1.54, 1.807) is 25.3 Å². The summed E-state index contributed by atoms with van der Waals surface area (Å²) in [5.74, 6) is -0.200. The summed E-state index contributed by atoms with van der Waals surface area (Å²) in [4.78, 5) is 23.9. The molecule has 0 unspecified atom stereocenters. The van der Waals surface area contributed by atoms with Gasteiger partial charge in [-0.3, -0.25) is 9.59 Å². The van der Waals surface area contributed by atoms with E-state index in [2.05, 4.69) is 10.6 Å². The van der Waals surface area contributed by atoms with Gasteiger partial charge in [0.25, 0.3) is 5.91 Å². The second-order valence-electron chi connectivity index (χ2n) is 6.67. The number of ether oxygens (including phenoxy) is 1. The van der Waals surface area contributed by atoms with Crippen LogP contribution in [0.3, 0.4) is 0 Å². The standard InChI is InChI=1S/C22H24N2O3/c1-27-15-18-4-2-17(3-5-18)14-23-21(25)13-8-16-6-9-19(10-7-16)22(26)24-20-11-12-20/h2-10,13,20H,11-12,14-15H2,1H3,(H,23,25)(H,24,26)/b13-8+. The van der Waals surface area contributed by atoms with Crippen molar-refractivity contribution in [3.05, 3.63) is 76.9 Å². The normalized spacial score (nSPS) is 13.5. The van der Waals surface area contributed by atoms with E-state index in [9.17, 15) is 9.59 Å². The number of amides is 2. The summed E-state index contributed by atoms with van der Waals surface area (Å²) in [7, 11) is 1.66. The van der Waals surface area contributed by atoms with Gasteiger partial charge in [-0.25, -0.2) is 0 Å². The number of carbonyl (C=O) groups excluding carboxylic acids is 2. The zero-order valence-corrected chi connectivity index (χ0v) is 15.4. The maximum atomic E-state index is 12.0. The van der Waals surface area contributed by atoms with Crippen LogP contribution in [-0.2, 0) is 22.7 Å². The fraction of sp³-hybridized carbons (Fsp3) is 0.273. The van der Waals surface area contributed by atoms with Gasteiger partial charge < -0.3 is 15.4 Å². The van der Waals surface area contributed by atoms with Crippen LogP contribution >= 0.6 is 0 Å². The minimum atomic E-state index is -0.161. The number of hydrogen-bond acceptors (Lipinski definition) is 3. The van der Waals surface area contributed by atoms with E-state index < -0.39 is 0 Å². The highest BCUT2D eigenvalue weighted by Gasteiger charge is 2.23. The predicted molar refractivity (Wildman–Crippen MR) is 105 cm³/mol. The van der Waals surface area contributed by atoms with E-state index in [0.29, 0.717) is 24.8 Å². The minimum Gasteiger partial charge on any atom is -0.380 e. The summed E-state index contributed by atoms with van der Waals surface area (Å²) in [5.41, 5.74) is 3.64. The fourth-order valence-corrected chi connectivity index (χ4v) is 2.58. The first kappa shape index (κ1) is 18.9. The zero-order valence-electron chi connectivity index (χ0n) is 15.4. The maximum Gasteiger partial charge on any atom is 0.251 e. The van der Waals surface area contributed by atoms with Crippen molar-refractivity contribution in [1.29, 1.82) is 0 Å². The maximum absolute atomic E-state index is 12.0. The molecular formula is C22H24N2O3. The Hall–Kier alpha value is -2.92. The summed E-state index contributed by atoms with van der Waals surface area (Å²) in [6.45, 7) is 1.05. The molecule has 5 nitrogen and oxygen atoms in total. The van der Waals surface area contributed by atoms with Crippen molar-refractivity contribution in [2.75, 3.05) is 7.11 Å². The van der Waals surface area contributed by atoms with Crippen LogP contribution in [0.15, 0.2) is 54.6 Å². The number of methoxy groups -OCH3 is 1.